The van der Waals surface area contributed by atoms with Gasteiger partial charge >= 0.3 is 0 Å². The smallest absolute Gasteiger partial charge is 0.233 e. The second kappa shape index (κ2) is 6.61. The number of carbonyl (C=O) groups is 1. The molecule has 0 saturated carbocycles. The van der Waals surface area contributed by atoms with Crippen molar-refractivity contribution >= 4 is 17.7 Å². The van der Waals surface area contributed by atoms with Crippen molar-refractivity contribution in [3.05, 3.63) is 47.3 Å². The molecule has 0 bridgehead atoms. The molecule has 106 valence electrons. The van der Waals surface area contributed by atoms with E-state index < -0.39 is 0 Å². The number of nitrogens with zero attached hydrogens (tertiary/aromatic N) is 1. The summed E-state index contributed by atoms with van der Waals surface area (Å²) < 4.78 is 5.05. The molecule has 1 amide bonds. The van der Waals surface area contributed by atoms with E-state index in [0.717, 1.165) is 10.6 Å². The topological polar surface area (TPSA) is 55.1 Å². The van der Waals surface area contributed by atoms with Gasteiger partial charge in [0.1, 0.15) is 0 Å². The third-order valence-electron chi connectivity index (χ3n) is 2.82. The van der Waals surface area contributed by atoms with E-state index in [2.05, 4.69) is 10.5 Å². The van der Waals surface area contributed by atoms with Gasteiger partial charge in [0.05, 0.1) is 17.5 Å². The normalized spacial score (nSPS) is 12.2. The minimum Gasteiger partial charge on any atom is -0.359 e. The number of aryl methyl sites for hydroxylation is 2. The Hall–Kier alpha value is -1.75. The van der Waals surface area contributed by atoms with Crippen LogP contribution in [-0.4, -0.2) is 16.3 Å². The molecule has 0 aliphatic rings. The lowest BCUT2D eigenvalue weighted by Gasteiger charge is -2.11. The SMILES string of the molecule is Cc1ccc(SC(C)C(=O)NCc2cc(C)no2)cc1. The quantitative estimate of drug-likeness (QED) is 0.860. The summed E-state index contributed by atoms with van der Waals surface area (Å²) in [6.45, 7) is 6.17. The van der Waals surface area contributed by atoms with Gasteiger partial charge in [-0.1, -0.05) is 22.9 Å². The van der Waals surface area contributed by atoms with E-state index in [9.17, 15) is 4.79 Å². The zero-order valence-corrected chi connectivity index (χ0v) is 12.7. The summed E-state index contributed by atoms with van der Waals surface area (Å²) in [6, 6.07) is 9.97. The predicted octanol–water partition coefficient (Wildman–Crippen LogP) is 3.09. The fourth-order valence-corrected chi connectivity index (χ4v) is 2.58. The van der Waals surface area contributed by atoms with Gasteiger partial charge in [-0.15, -0.1) is 11.8 Å². The van der Waals surface area contributed by atoms with Crippen LogP contribution in [0.4, 0.5) is 0 Å². The fraction of sp³-hybridized carbons (Fsp3) is 0.333. The molecule has 1 unspecified atom stereocenters. The van der Waals surface area contributed by atoms with Crippen LogP contribution in [0.1, 0.15) is 23.9 Å². The van der Waals surface area contributed by atoms with Crippen molar-refractivity contribution < 1.29 is 9.32 Å². The van der Waals surface area contributed by atoms with Gasteiger partial charge in [-0.25, -0.2) is 0 Å². The number of amides is 1. The molecule has 0 saturated heterocycles. The number of aromatic nitrogens is 1. The van der Waals surface area contributed by atoms with Gasteiger partial charge < -0.3 is 9.84 Å². The molecule has 0 aliphatic carbocycles. The highest BCUT2D eigenvalue weighted by molar-refractivity contribution is 8.00. The Balaban J connectivity index is 1.84. The first-order chi connectivity index (χ1) is 9.54. The molecule has 0 fully saturated rings. The van der Waals surface area contributed by atoms with Crippen LogP contribution in [0.5, 0.6) is 0 Å². The van der Waals surface area contributed by atoms with Gasteiger partial charge in [0.15, 0.2) is 5.76 Å². The van der Waals surface area contributed by atoms with Crippen LogP contribution < -0.4 is 5.32 Å². The molecule has 1 aromatic carbocycles. The first-order valence-electron chi connectivity index (χ1n) is 6.48. The first kappa shape index (κ1) is 14.7. The van der Waals surface area contributed by atoms with E-state index in [1.165, 1.54) is 5.56 Å². The second-order valence-electron chi connectivity index (χ2n) is 4.73. The van der Waals surface area contributed by atoms with Gasteiger partial charge in [0.2, 0.25) is 5.91 Å². The molecule has 1 atom stereocenters. The highest BCUT2D eigenvalue weighted by atomic mass is 32.2. The monoisotopic (exact) mass is 290 g/mol. The van der Waals surface area contributed by atoms with Crippen molar-refractivity contribution in [1.82, 2.24) is 10.5 Å². The van der Waals surface area contributed by atoms with E-state index in [1.54, 1.807) is 11.8 Å². The van der Waals surface area contributed by atoms with Crippen LogP contribution in [0.25, 0.3) is 0 Å². The highest BCUT2D eigenvalue weighted by Gasteiger charge is 2.14. The predicted molar refractivity (Wildman–Crippen MR) is 79.6 cm³/mol. The van der Waals surface area contributed by atoms with E-state index >= 15 is 0 Å². The molecule has 1 N–H and O–H groups in total. The molecule has 2 rings (SSSR count). The molecule has 1 heterocycles. The Kier molecular flexibility index (Phi) is 4.84. The summed E-state index contributed by atoms with van der Waals surface area (Å²) in [4.78, 5) is 13.1. The number of rotatable bonds is 5. The number of hydrogen-bond acceptors (Lipinski definition) is 4. The molecule has 1 aromatic heterocycles. The molecule has 0 aliphatic heterocycles. The van der Waals surface area contributed by atoms with Crippen LogP contribution in [-0.2, 0) is 11.3 Å². The van der Waals surface area contributed by atoms with Crippen molar-refractivity contribution in [2.24, 2.45) is 0 Å². The average molecular weight is 290 g/mol. The minimum absolute atomic E-state index is 0.00960. The first-order valence-corrected chi connectivity index (χ1v) is 7.36. The zero-order chi connectivity index (χ0) is 14.5. The summed E-state index contributed by atoms with van der Waals surface area (Å²) >= 11 is 1.54. The number of carbonyl (C=O) groups excluding carboxylic acids is 1. The molecular weight excluding hydrogens is 272 g/mol. The van der Waals surface area contributed by atoms with Crippen LogP contribution in [0.2, 0.25) is 0 Å². The lowest BCUT2D eigenvalue weighted by Crippen LogP contribution is -2.30. The Morgan fingerprint density at radius 1 is 1.35 bits per heavy atom. The Morgan fingerprint density at radius 3 is 2.65 bits per heavy atom. The van der Waals surface area contributed by atoms with Crippen molar-refractivity contribution in [3.8, 4) is 0 Å². The van der Waals surface area contributed by atoms with Crippen molar-refractivity contribution in [2.75, 3.05) is 0 Å². The second-order valence-corrected chi connectivity index (χ2v) is 6.14. The molecule has 20 heavy (non-hydrogen) atoms. The summed E-state index contributed by atoms with van der Waals surface area (Å²) in [5.41, 5.74) is 2.03. The van der Waals surface area contributed by atoms with Gasteiger partial charge in [-0.2, -0.15) is 0 Å². The Labute approximate surface area is 122 Å². The molecule has 2 aromatic rings. The zero-order valence-electron chi connectivity index (χ0n) is 11.8. The van der Waals surface area contributed by atoms with E-state index in [4.69, 9.17) is 4.52 Å². The van der Waals surface area contributed by atoms with E-state index in [-0.39, 0.29) is 11.2 Å². The highest BCUT2D eigenvalue weighted by Crippen LogP contribution is 2.23. The van der Waals surface area contributed by atoms with Gasteiger partial charge in [0.25, 0.3) is 0 Å². The summed E-state index contributed by atoms with van der Waals surface area (Å²) in [5, 5.41) is 6.48. The third kappa shape index (κ3) is 4.13. The largest absolute Gasteiger partial charge is 0.359 e. The maximum atomic E-state index is 12.0. The van der Waals surface area contributed by atoms with Crippen LogP contribution in [0.3, 0.4) is 0 Å². The fourth-order valence-electron chi connectivity index (χ4n) is 1.69. The maximum Gasteiger partial charge on any atom is 0.233 e. The number of hydrogen-bond donors (Lipinski definition) is 1. The van der Waals surface area contributed by atoms with Crippen molar-refractivity contribution in [3.63, 3.8) is 0 Å². The molecule has 0 radical (unpaired) electrons. The molecule has 4 nitrogen and oxygen atoms in total. The van der Waals surface area contributed by atoms with Crippen molar-refractivity contribution in [2.45, 2.75) is 37.5 Å². The van der Waals surface area contributed by atoms with E-state index in [1.807, 2.05) is 51.1 Å². The van der Waals surface area contributed by atoms with Crippen LogP contribution in [0.15, 0.2) is 39.8 Å². The minimum atomic E-state index is -0.151. The van der Waals surface area contributed by atoms with Gasteiger partial charge in [-0.3, -0.25) is 4.79 Å². The van der Waals surface area contributed by atoms with Gasteiger partial charge in [-0.05, 0) is 32.9 Å². The average Bonchev–Trinajstić information content (AvgIpc) is 2.84. The summed E-state index contributed by atoms with van der Waals surface area (Å²) in [6.07, 6.45) is 0. The number of benzene rings is 1. The molecule has 5 heteroatoms. The Morgan fingerprint density at radius 2 is 2.05 bits per heavy atom. The lowest BCUT2D eigenvalue weighted by atomic mass is 10.2. The third-order valence-corrected chi connectivity index (χ3v) is 3.93. The Bertz CT molecular complexity index is 578. The van der Waals surface area contributed by atoms with E-state index in [0.29, 0.717) is 12.3 Å². The summed E-state index contributed by atoms with van der Waals surface area (Å²) in [5.74, 6) is 0.660. The summed E-state index contributed by atoms with van der Waals surface area (Å²) in [7, 11) is 0. The number of thioether (sulfide) groups is 1. The molecular formula is C15H18N2O2S. The van der Waals surface area contributed by atoms with Crippen molar-refractivity contribution in [1.29, 1.82) is 0 Å². The standard InChI is InChI=1S/C15H18N2O2S/c1-10-4-6-14(7-5-10)20-12(3)15(18)16-9-13-8-11(2)17-19-13/h4-8,12H,9H2,1-3H3,(H,16,18). The van der Waals surface area contributed by atoms with Crippen LogP contribution in [0, 0.1) is 13.8 Å². The van der Waals surface area contributed by atoms with Gasteiger partial charge in [0, 0.05) is 11.0 Å². The number of nitrogens with one attached hydrogen (secondary N) is 1. The maximum absolute atomic E-state index is 12.0. The molecule has 0 spiro atoms. The lowest BCUT2D eigenvalue weighted by molar-refractivity contribution is -0.120. The van der Waals surface area contributed by atoms with Crippen LogP contribution >= 0.6 is 11.8 Å².